The molecule has 1 aromatic rings. The van der Waals surface area contributed by atoms with Gasteiger partial charge in [0.25, 0.3) is 5.91 Å². The van der Waals surface area contributed by atoms with Gasteiger partial charge < -0.3 is 14.8 Å². The van der Waals surface area contributed by atoms with Crippen molar-refractivity contribution < 1.29 is 9.59 Å². The van der Waals surface area contributed by atoms with Crippen LogP contribution in [-0.4, -0.2) is 45.1 Å². The molecule has 2 aliphatic rings. The molecule has 2 heterocycles. The second-order valence-electron chi connectivity index (χ2n) is 7.39. The van der Waals surface area contributed by atoms with Gasteiger partial charge in [0.05, 0.1) is 6.54 Å². The van der Waals surface area contributed by atoms with E-state index >= 15 is 0 Å². The Bertz CT molecular complexity index is 616. The van der Waals surface area contributed by atoms with Gasteiger partial charge in [-0.25, -0.2) is 0 Å². The summed E-state index contributed by atoms with van der Waals surface area (Å²) >= 11 is 0. The maximum absolute atomic E-state index is 12.4. The predicted octanol–water partition coefficient (Wildman–Crippen LogP) is 1.44. The molecule has 2 amide bonds. The fourth-order valence-corrected chi connectivity index (χ4v) is 3.74. The summed E-state index contributed by atoms with van der Waals surface area (Å²) in [6, 6.07) is 0. The summed E-state index contributed by atoms with van der Waals surface area (Å²) in [6.07, 6.45) is 4.21. The molecule has 0 radical (unpaired) electrons. The van der Waals surface area contributed by atoms with Crippen LogP contribution in [0.4, 0.5) is 0 Å². The quantitative estimate of drug-likeness (QED) is 0.904. The lowest BCUT2D eigenvalue weighted by Crippen LogP contribution is -2.39. The van der Waals surface area contributed by atoms with Crippen LogP contribution < -0.4 is 5.32 Å². The zero-order chi connectivity index (χ0) is 17.3. The molecule has 1 fully saturated rings. The minimum atomic E-state index is -0.113. The van der Waals surface area contributed by atoms with Crippen molar-refractivity contribution in [1.82, 2.24) is 25.0 Å². The summed E-state index contributed by atoms with van der Waals surface area (Å²) in [4.78, 5) is 26.1. The fourth-order valence-electron chi connectivity index (χ4n) is 3.74. The highest BCUT2D eigenvalue weighted by Gasteiger charge is 2.29. The van der Waals surface area contributed by atoms with Crippen LogP contribution in [0.3, 0.4) is 0 Å². The summed E-state index contributed by atoms with van der Waals surface area (Å²) in [5, 5.41) is 11.1. The molecule has 0 unspecified atom stereocenters. The zero-order valence-electron chi connectivity index (χ0n) is 14.8. The van der Waals surface area contributed by atoms with Gasteiger partial charge in [-0.05, 0) is 37.5 Å². The number of nitrogens with one attached hydrogen (secondary N) is 1. The van der Waals surface area contributed by atoms with Crippen LogP contribution in [0.2, 0.25) is 0 Å². The highest BCUT2D eigenvalue weighted by molar-refractivity contribution is 5.91. The number of aromatic nitrogens is 3. The van der Waals surface area contributed by atoms with Crippen molar-refractivity contribution in [3.63, 3.8) is 0 Å². The lowest BCUT2D eigenvalue weighted by atomic mass is 9.77. The van der Waals surface area contributed by atoms with Gasteiger partial charge in [0, 0.05) is 26.1 Å². The van der Waals surface area contributed by atoms with E-state index in [-0.39, 0.29) is 17.7 Å². The smallest absolute Gasteiger partial charge is 0.291 e. The molecule has 1 N–H and O–H groups in total. The van der Waals surface area contributed by atoms with E-state index in [0.29, 0.717) is 37.2 Å². The number of hydrogen-bond donors (Lipinski definition) is 1. The SMILES string of the molecule is CC(C)C1CCC(C(=O)NCc2nnc3n2CCN(C)C3=O)CC1. The van der Waals surface area contributed by atoms with Crippen LogP contribution in [0, 0.1) is 17.8 Å². The monoisotopic (exact) mass is 333 g/mol. The van der Waals surface area contributed by atoms with Crippen LogP contribution in [0.15, 0.2) is 0 Å². The Balaban J connectivity index is 1.55. The summed E-state index contributed by atoms with van der Waals surface area (Å²) in [7, 11) is 1.76. The van der Waals surface area contributed by atoms with Crippen molar-refractivity contribution in [2.24, 2.45) is 17.8 Å². The molecule has 1 saturated carbocycles. The number of rotatable bonds is 4. The Morgan fingerprint density at radius 3 is 2.58 bits per heavy atom. The van der Waals surface area contributed by atoms with Crippen molar-refractivity contribution >= 4 is 11.8 Å². The molecule has 0 saturated heterocycles. The van der Waals surface area contributed by atoms with Crippen molar-refractivity contribution in [1.29, 1.82) is 0 Å². The zero-order valence-corrected chi connectivity index (χ0v) is 14.8. The van der Waals surface area contributed by atoms with Gasteiger partial charge >= 0.3 is 0 Å². The Hall–Kier alpha value is -1.92. The van der Waals surface area contributed by atoms with Gasteiger partial charge in [-0.2, -0.15) is 0 Å². The van der Waals surface area contributed by atoms with Gasteiger partial charge in [0.15, 0.2) is 5.82 Å². The van der Waals surface area contributed by atoms with Gasteiger partial charge in [0.1, 0.15) is 0 Å². The van der Waals surface area contributed by atoms with E-state index in [0.717, 1.165) is 31.6 Å². The van der Waals surface area contributed by atoms with E-state index in [9.17, 15) is 9.59 Å². The average Bonchev–Trinajstić information content (AvgIpc) is 3.00. The first-order valence-corrected chi connectivity index (χ1v) is 8.92. The number of likely N-dealkylation sites (N-methyl/N-ethyl adjacent to an activating group) is 1. The van der Waals surface area contributed by atoms with Crippen LogP contribution in [0.25, 0.3) is 0 Å². The number of hydrogen-bond acceptors (Lipinski definition) is 4. The molecule has 0 bridgehead atoms. The van der Waals surface area contributed by atoms with Gasteiger partial charge in [-0.3, -0.25) is 9.59 Å². The lowest BCUT2D eigenvalue weighted by Gasteiger charge is -2.30. The minimum Gasteiger partial charge on any atom is -0.349 e. The summed E-state index contributed by atoms with van der Waals surface area (Å²) in [6.45, 7) is 6.18. The van der Waals surface area contributed by atoms with Crippen molar-refractivity contribution in [3.8, 4) is 0 Å². The molecule has 132 valence electrons. The first-order valence-electron chi connectivity index (χ1n) is 8.92. The number of fused-ring (bicyclic) bond motifs is 1. The Morgan fingerprint density at radius 1 is 1.21 bits per heavy atom. The molecule has 1 aliphatic carbocycles. The minimum absolute atomic E-state index is 0.105. The van der Waals surface area contributed by atoms with Crippen LogP contribution in [-0.2, 0) is 17.9 Å². The lowest BCUT2D eigenvalue weighted by molar-refractivity contribution is -0.126. The molecular weight excluding hydrogens is 306 g/mol. The van der Waals surface area contributed by atoms with Crippen LogP contribution >= 0.6 is 0 Å². The van der Waals surface area contributed by atoms with E-state index in [1.165, 1.54) is 0 Å². The molecule has 3 rings (SSSR count). The molecule has 7 heteroatoms. The number of carbonyl (C=O) groups excluding carboxylic acids is 2. The Labute approximate surface area is 142 Å². The van der Waals surface area contributed by atoms with Crippen molar-refractivity contribution in [2.45, 2.75) is 52.6 Å². The topological polar surface area (TPSA) is 80.1 Å². The summed E-state index contributed by atoms with van der Waals surface area (Å²) in [5.74, 6) is 2.58. The summed E-state index contributed by atoms with van der Waals surface area (Å²) < 4.78 is 1.82. The highest BCUT2D eigenvalue weighted by Crippen LogP contribution is 2.33. The molecule has 1 aromatic heterocycles. The second kappa shape index (κ2) is 6.91. The Kier molecular flexibility index (Phi) is 4.87. The van der Waals surface area contributed by atoms with E-state index in [1.54, 1.807) is 11.9 Å². The van der Waals surface area contributed by atoms with Gasteiger partial charge in [-0.1, -0.05) is 13.8 Å². The summed E-state index contributed by atoms with van der Waals surface area (Å²) in [5.41, 5.74) is 0. The third kappa shape index (κ3) is 3.30. The maximum atomic E-state index is 12.4. The molecule has 0 spiro atoms. The van der Waals surface area contributed by atoms with E-state index in [2.05, 4.69) is 29.4 Å². The van der Waals surface area contributed by atoms with Gasteiger partial charge in [0.2, 0.25) is 11.7 Å². The molecular formula is C17H27N5O2. The largest absolute Gasteiger partial charge is 0.349 e. The van der Waals surface area contributed by atoms with Gasteiger partial charge in [-0.15, -0.1) is 10.2 Å². The molecule has 0 atom stereocenters. The second-order valence-corrected chi connectivity index (χ2v) is 7.39. The standard InChI is InChI=1S/C17H27N5O2/c1-11(2)12-4-6-13(7-5-12)16(23)18-10-14-19-20-15-17(24)21(3)8-9-22(14)15/h11-13H,4-10H2,1-3H3,(H,18,23). The number of nitrogens with zero attached hydrogens (tertiary/aromatic N) is 4. The van der Waals surface area contributed by atoms with E-state index in [4.69, 9.17) is 0 Å². The van der Waals surface area contributed by atoms with E-state index in [1.807, 2.05) is 4.57 Å². The highest BCUT2D eigenvalue weighted by atomic mass is 16.2. The molecule has 1 aliphatic heterocycles. The predicted molar refractivity (Wildman–Crippen MR) is 89.1 cm³/mol. The first-order chi connectivity index (χ1) is 11.5. The fraction of sp³-hybridized carbons (Fsp3) is 0.765. The van der Waals surface area contributed by atoms with E-state index < -0.39 is 0 Å². The van der Waals surface area contributed by atoms with Crippen LogP contribution in [0.5, 0.6) is 0 Å². The third-order valence-electron chi connectivity index (χ3n) is 5.53. The van der Waals surface area contributed by atoms with Crippen molar-refractivity contribution in [3.05, 3.63) is 11.6 Å². The van der Waals surface area contributed by atoms with Crippen molar-refractivity contribution in [2.75, 3.05) is 13.6 Å². The number of amides is 2. The third-order valence-corrected chi connectivity index (χ3v) is 5.53. The Morgan fingerprint density at radius 2 is 1.92 bits per heavy atom. The first kappa shape index (κ1) is 16.9. The molecule has 7 nitrogen and oxygen atoms in total. The maximum Gasteiger partial charge on any atom is 0.291 e. The number of carbonyl (C=O) groups is 2. The van der Waals surface area contributed by atoms with Crippen LogP contribution in [0.1, 0.15) is 56.0 Å². The molecule has 0 aromatic carbocycles. The normalized spacial score (nSPS) is 24.2. The molecule has 24 heavy (non-hydrogen) atoms. The average molecular weight is 333 g/mol.